The van der Waals surface area contributed by atoms with Crippen molar-refractivity contribution in [2.75, 3.05) is 5.32 Å². The van der Waals surface area contributed by atoms with E-state index in [4.69, 9.17) is 0 Å². The van der Waals surface area contributed by atoms with Crippen molar-refractivity contribution in [2.24, 2.45) is 5.92 Å². The molecule has 3 heteroatoms. The Morgan fingerprint density at radius 2 is 1.68 bits per heavy atom. The molecule has 0 spiro atoms. The summed E-state index contributed by atoms with van der Waals surface area (Å²) >= 11 is 3.39. The van der Waals surface area contributed by atoms with Gasteiger partial charge < -0.3 is 5.32 Å². The van der Waals surface area contributed by atoms with Gasteiger partial charge in [0.05, 0.1) is 11.7 Å². The molecule has 1 N–H and O–H groups in total. The molecule has 1 unspecified atom stereocenters. The van der Waals surface area contributed by atoms with Gasteiger partial charge in [0.2, 0.25) is 0 Å². The summed E-state index contributed by atoms with van der Waals surface area (Å²) < 4.78 is 14.6. The molecular formula is C16H17BrFN. The van der Waals surface area contributed by atoms with Crippen molar-refractivity contribution in [1.29, 1.82) is 0 Å². The first-order valence-electron chi connectivity index (χ1n) is 6.35. The molecule has 0 heterocycles. The molecule has 0 saturated heterocycles. The van der Waals surface area contributed by atoms with Gasteiger partial charge in [0.15, 0.2) is 0 Å². The Morgan fingerprint density at radius 3 is 2.26 bits per heavy atom. The fourth-order valence-electron chi connectivity index (χ4n) is 2.09. The van der Waals surface area contributed by atoms with Gasteiger partial charge in [0.1, 0.15) is 5.82 Å². The smallest absolute Gasteiger partial charge is 0.147 e. The van der Waals surface area contributed by atoms with E-state index in [1.807, 2.05) is 24.3 Å². The number of para-hydroxylation sites is 1. The Morgan fingerprint density at radius 1 is 1.00 bits per heavy atom. The molecule has 0 radical (unpaired) electrons. The van der Waals surface area contributed by atoms with Crippen LogP contribution in [0, 0.1) is 11.7 Å². The van der Waals surface area contributed by atoms with Crippen molar-refractivity contribution in [3.05, 3.63) is 64.4 Å². The molecule has 0 amide bonds. The van der Waals surface area contributed by atoms with Crippen molar-refractivity contribution in [1.82, 2.24) is 0 Å². The van der Waals surface area contributed by atoms with Crippen molar-refractivity contribution >= 4 is 21.6 Å². The number of hydrogen-bond donors (Lipinski definition) is 1. The average molecular weight is 322 g/mol. The van der Waals surface area contributed by atoms with Crippen LogP contribution in [0.25, 0.3) is 0 Å². The van der Waals surface area contributed by atoms with Crippen molar-refractivity contribution < 1.29 is 4.39 Å². The zero-order valence-corrected chi connectivity index (χ0v) is 12.6. The highest BCUT2D eigenvalue weighted by Gasteiger charge is 2.18. The van der Waals surface area contributed by atoms with E-state index < -0.39 is 0 Å². The lowest BCUT2D eigenvalue weighted by Gasteiger charge is -2.25. The zero-order valence-electron chi connectivity index (χ0n) is 11.0. The maximum Gasteiger partial charge on any atom is 0.147 e. The van der Waals surface area contributed by atoms with Crippen LogP contribution in [0.1, 0.15) is 25.5 Å². The van der Waals surface area contributed by atoms with Gasteiger partial charge in [-0.25, -0.2) is 4.39 Å². The summed E-state index contributed by atoms with van der Waals surface area (Å²) in [5.74, 6) is 0.116. The monoisotopic (exact) mass is 321 g/mol. The van der Waals surface area contributed by atoms with E-state index in [0.717, 1.165) is 10.0 Å². The van der Waals surface area contributed by atoms with Crippen LogP contribution in [0.5, 0.6) is 0 Å². The molecule has 2 rings (SSSR count). The maximum atomic E-state index is 13.9. The molecule has 100 valence electrons. The van der Waals surface area contributed by atoms with Crippen LogP contribution in [0.3, 0.4) is 0 Å². The quantitative estimate of drug-likeness (QED) is 0.795. The predicted octanol–water partition coefficient (Wildman–Crippen LogP) is 5.40. The summed E-state index contributed by atoms with van der Waals surface area (Å²) in [5.41, 5.74) is 1.68. The first kappa shape index (κ1) is 14.1. The van der Waals surface area contributed by atoms with Gasteiger partial charge in [-0.15, -0.1) is 0 Å². The number of anilines is 1. The van der Waals surface area contributed by atoms with Gasteiger partial charge in [0.25, 0.3) is 0 Å². The van der Waals surface area contributed by atoms with Crippen LogP contribution < -0.4 is 5.32 Å². The molecule has 1 nitrogen and oxygen atoms in total. The molecule has 2 aromatic rings. The van der Waals surface area contributed by atoms with E-state index in [-0.39, 0.29) is 11.9 Å². The average Bonchev–Trinajstić information content (AvgIpc) is 2.39. The molecule has 19 heavy (non-hydrogen) atoms. The summed E-state index contributed by atoms with van der Waals surface area (Å²) in [6.45, 7) is 4.25. The summed E-state index contributed by atoms with van der Waals surface area (Å²) in [5, 5.41) is 3.31. The molecule has 0 aliphatic heterocycles. The minimum absolute atomic E-state index is 0.0781. The van der Waals surface area contributed by atoms with Crippen molar-refractivity contribution in [2.45, 2.75) is 19.9 Å². The lowest BCUT2D eigenvalue weighted by atomic mass is 9.96. The number of halogens is 2. The van der Waals surface area contributed by atoms with Crippen LogP contribution in [0.2, 0.25) is 0 Å². The number of benzene rings is 2. The van der Waals surface area contributed by atoms with E-state index >= 15 is 0 Å². The highest BCUT2D eigenvalue weighted by molar-refractivity contribution is 9.10. The number of rotatable bonds is 4. The van der Waals surface area contributed by atoms with Crippen LogP contribution in [-0.4, -0.2) is 0 Å². The third-order valence-electron chi connectivity index (χ3n) is 3.09. The topological polar surface area (TPSA) is 12.0 Å². The van der Waals surface area contributed by atoms with Gasteiger partial charge in [-0.05, 0) is 39.5 Å². The van der Waals surface area contributed by atoms with Gasteiger partial charge in [0, 0.05) is 4.47 Å². The van der Waals surface area contributed by atoms with Crippen LogP contribution in [0.15, 0.2) is 53.0 Å². The van der Waals surface area contributed by atoms with E-state index in [2.05, 4.69) is 47.2 Å². The SMILES string of the molecule is CC(C)C(Nc1c(F)cccc1Br)c1ccccc1. The van der Waals surface area contributed by atoms with Crippen molar-refractivity contribution in [3.8, 4) is 0 Å². The molecule has 1 atom stereocenters. The van der Waals surface area contributed by atoms with Gasteiger partial charge in [-0.3, -0.25) is 0 Å². The summed E-state index contributed by atoms with van der Waals surface area (Å²) in [6.07, 6.45) is 0. The third kappa shape index (κ3) is 3.35. The molecular weight excluding hydrogens is 305 g/mol. The lowest BCUT2D eigenvalue weighted by Crippen LogP contribution is -2.17. The second kappa shape index (κ2) is 6.20. The first-order chi connectivity index (χ1) is 9.09. The van der Waals surface area contributed by atoms with Crippen LogP contribution in [-0.2, 0) is 0 Å². The maximum absolute atomic E-state index is 13.9. The second-order valence-corrected chi connectivity index (χ2v) is 5.73. The van der Waals surface area contributed by atoms with Gasteiger partial charge in [-0.1, -0.05) is 50.2 Å². The molecule has 0 aromatic heterocycles. The summed E-state index contributed by atoms with van der Waals surface area (Å²) in [4.78, 5) is 0. The van der Waals surface area contributed by atoms with Crippen LogP contribution in [0.4, 0.5) is 10.1 Å². The second-order valence-electron chi connectivity index (χ2n) is 4.87. The summed E-state index contributed by atoms with van der Waals surface area (Å²) in [6, 6.07) is 15.2. The standard InChI is InChI=1S/C16H17BrFN/c1-11(2)15(12-7-4-3-5-8-12)19-16-13(17)9-6-10-14(16)18/h3-11,15,19H,1-2H3. The Labute approximate surface area is 122 Å². The van der Waals surface area contributed by atoms with E-state index in [1.54, 1.807) is 6.07 Å². The molecule has 2 aromatic carbocycles. The molecule has 0 bridgehead atoms. The van der Waals surface area contributed by atoms with Crippen molar-refractivity contribution in [3.63, 3.8) is 0 Å². The lowest BCUT2D eigenvalue weighted by molar-refractivity contribution is 0.539. The molecule has 0 aliphatic rings. The first-order valence-corrected chi connectivity index (χ1v) is 7.14. The van der Waals surface area contributed by atoms with E-state index in [1.165, 1.54) is 6.07 Å². The highest BCUT2D eigenvalue weighted by Crippen LogP contribution is 2.32. The Kier molecular flexibility index (Phi) is 4.59. The summed E-state index contributed by atoms with van der Waals surface area (Å²) in [7, 11) is 0. The minimum atomic E-state index is -0.240. The predicted molar refractivity (Wildman–Crippen MR) is 81.7 cm³/mol. The number of hydrogen-bond acceptors (Lipinski definition) is 1. The zero-order chi connectivity index (χ0) is 13.8. The van der Waals surface area contributed by atoms with Crippen LogP contribution >= 0.6 is 15.9 Å². The fraction of sp³-hybridized carbons (Fsp3) is 0.250. The molecule has 0 saturated carbocycles. The Hall–Kier alpha value is -1.35. The Bertz CT molecular complexity index is 519. The molecule has 0 fully saturated rings. The normalized spacial score (nSPS) is 12.5. The van der Waals surface area contributed by atoms with Gasteiger partial charge >= 0.3 is 0 Å². The Balaban J connectivity index is 2.33. The van der Waals surface area contributed by atoms with E-state index in [9.17, 15) is 4.39 Å². The number of nitrogens with one attached hydrogen (secondary N) is 1. The fourth-order valence-corrected chi connectivity index (χ4v) is 2.54. The van der Waals surface area contributed by atoms with E-state index in [0.29, 0.717) is 11.6 Å². The highest BCUT2D eigenvalue weighted by atomic mass is 79.9. The third-order valence-corrected chi connectivity index (χ3v) is 3.75. The molecule has 0 aliphatic carbocycles. The van der Waals surface area contributed by atoms with Gasteiger partial charge in [-0.2, -0.15) is 0 Å². The minimum Gasteiger partial charge on any atom is -0.375 e. The largest absolute Gasteiger partial charge is 0.375 e.